The first-order valence-electron chi connectivity index (χ1n) is 4.38. The van der Waals surface area contributed by atoms with E-state index in [0.717, 1.165) is 0 Å². The summed E-state index contributed by atoms with van der Waals surface area (Å²) in [5.74, 6) is 0.0120. The summed E-state index contributed by atoms with van der Waals surface area (Å²) in [6, 6.07) is 1.76. The smallest absolute Gasteiger partial charge is 0.269 e. The lowest BCUT2D eigenvalue weighted by atomic mass is 10.0. The van der Waals surface area contributed by atoms with Crippen molar-refractivity contribution in [1.82, 2.24) is 4.98 Å². The molecule has 0 saturated carbocycles. The molecule has 2 rings (SSSR count). The average molecular weight is 204 g/mol. The number of nitrogens with one attached hydrogen (secondary N) is 2. The number of nitrogens with zero attached hydrogens (tertiary/aromatic N) is 1. The third kappa shape index (κ3) is 1.34. The molecule has 1 aliphatic heterocycles. The van der Waals surface area contributed by atoms with E-state index in [4.69, 9.17) is 11.0 Å². The van der Waals surface area contributed by atoms with Crippen molar-refractivity contribution in [2.24, 2.45) is 0 Å². The van der Waals surface area contributed by atoms with Crippen molar-refractivity contribution in [1.29, 1.82) is 5.26 Å². The highest BCUT2D eigenvalue weighted by Crippen LogP contribution is 2.27. The third-order valence-electron chi connectivity index (χ3n) is 2.33. The lowest BCUT2D eigenvalue weighted by Crippen LogP contribution is -2.26. The first-order valence-corrected chi connectivity index (χ1v) is 4.38. The maximum Gasteiger partial charge on any atom is 0.269 e. The number of pyridine rings is 1. The number of carbonyl (C=O) groups is 1. The summed E-state index contributed by atoms with van der Waals surface area (Å²) in [4.78, 5) is 24.9. The highest BCUT2D eigenvalue weighted by atomic mass is 16.1. The van der Waals surface area contributed by atoms with Gasteiger partial charge in [-0.2, -0.15) is 5.26 Å². The van der Waals surface area contributed by atoms with Crippen molar-refractivity contribution in [3.63, 3.8) is 0 Å². The maximum absolute atomic E-state index is 11.3. The molecule has 6 nitrogen and oxygen atoms in total. The minimum atomic E-state index is -0.573. The molecular formula is C9H8N4O2. The fraction of sp³-hybridized carbons (Fsp3) is 0.222. The molecule has 1 amide bonds. The van der Waals surface area contributed by atoms with Crippen LogP contribution < -0.4 is 16.6 Å². The van der Waals surface area contributed by atoms with Gasteiger partial charge in [-0.15, -0.1) is 0 Å². The van der Waals surface area contributed by atoms with Crippen LogP contribution in [0, 0.1) is 11.3 Å². The van der Waals surface area contributed by atoms with E-state index in [9.17, 15) is 9.59 Å². The zero-order valence-corrected chi connectivity index (χ0v) is 7.76. The molecule has 0 saturated heterocycles. The Morgan fingerprint density at radius 3 is 2.73 bits per heavy atom. The van der Waals surface area contributed by atoms with Gasteiger partial charge in [-0.25, -0.2) is 0 Å². The third-order valence-corrected chi connectivity index (χ3v) is 2.33. The molecule has 0 atom stereocenters. The van der Waals surface area contributed by atoms with E-state index in [1.54, 1.807) is 6.07 Å². The fourth-order valence-corrected chi connectivity index (χ4v) is 1.60. The lowest BCUT2D eigenvalue weighted by Gasteiger charge is -2.18. The number of hydrogen-bond donors (Lipinski definition) is 3. The van der Waals surface area contributed by atoms with Gasteiger partial charge in [0.2, 0.25) is 5.91 Å². The molecule has 0 aliphatic carbocycles. The van der Waals surface area contributed by atoms with Crippen LogP contribution in [0.4, 0.5) is 11.5 Å². The average Bonchev–Trinajstić information content (AvgIpc) is 2.17. The first-order chi connectivity index (χ1) is 7.13. The largest absolute Gasteiger partial charge is 0.385 e. The number of fused-ring (bicyclic) bond motifs is 1. The Labute approximate surface area is 84.7 Å². The summed E-state index contributed by atoms with van der Waals surface area (Å²) in [5, 5.41) is 11.3. The van der Waals surface area contributed by atoms with Crippen molar-refractivity contribution >= 4 is 17.4 Å². The molecule has 0 bridgehead atoms. The highest BCUT2D eigenvalue weighted by molar-refractivity contribution is 5.96. The number of anilines is 2. The van der Waals surface area contributed by atoms with Gasteiger partial charge in [0, 0.05) is 12.0 Å². The minimum absolute atomic E-state index is 0.0905. The molecule has 1 aliphatic rings. The van der Waals surface area contributed by atoms with E-state index in [1.165, 1.54) is 0 Å². The Morgan fingerprint density at radius 1 is 1.33 bits per heavy atom. The van der Waals surface area contributed by atoms with Crippen LogP contribution in [0.5, 0.6) is 0 Å². The molecule has 0 radical (unpaired) electrons. The molecule has 0 unspecified atom stereocenters. The molecule has 2 heterocycles. The Morgan fingerprint density at radius 2 is 2.07 bits per heavy atom. The summed E-state index contributed by atoms with van der Waals surface area (Å²) in [6.07, 6.45) is 0.757. The van der Waals surface area contributed by atoms with Crippen LogP contribution in [0.15, 0.2) is 4.79 Å². The van der Waals surface area contributed by atoms with Gasteiger partial charge >= 0.3 is 0 Å². The second-order valence-electron chi connectivity index (χ2n) is 3.26. The summed E-state index contributed by atoms with van der Waals surface area (Å²) in [7, 11) is 0. The second-order valence-corrected chi connectivity index (χ2v) is 3.26. The van der Waals surface area contributed by atoms with Crippen molar-refractivity contribution in [2.45, 2.75) is 12.8 Å². The predicted molar refractivity (Wildman–Crippen MR) is 53.1 cm³/mol. The molecule has 4 N–H and O–H groups in total. The van der Waals surface area contributed by atoms with E-state index in [0.29, 0.717) is 18.4 Å². The van der Waals surface area contributed by atoms with Gasteiger partial charge < -0.3 is 16.0 Å². The monoisotopic (exact) mass is 204 g/mol. The van der Waals surface area contributed by atoms with Gasteiger partial charge in [-0.3, -0.25) is 9.59 Å². The Kier molecular flexibility index (Phi) is 1.94. The quantitative estimate of drug-likeness (QED) is 0.539. The number of nitrogens with two attached hydrogens (primary N) is 1. The van der Waals surface area contributed by atoms with E-state index < -0.39 is 5.56 Å². The van der Waals surface area contributed by atoms with Crippen LogP contribution in [-0.2, 0) is 11.2 Å². The van der Waals surface area contributed by atoms with E-state index in [-0.39, 0.29) is 23.0 Å². The Bertz CT molecular complexity index is 538. The number of H-pyrrole nitrogens is 1. The van der Waals surface area contributed by atoms with Crippen molar-refractivity contribution in [3.8, 4) is 6.07 Å². The van der Waals surface area contributed by atoms with Gasteiger partial charge in [0.1, 0.15) is 17.5 Å². The zero-order chi connectivity index (χ0) is 11.0. The summed E-state index contributed by atoms with van der Waals surface area (Å²) in [5.41, 5.74) is 5.82. The standard InChI is InChI=1S/C9H8N4O2/c10-3-5-7-4(1-2-6(14)12-7)8(11)13-9(5)15/h1-2H2,(H,12,14)(H3,11,13,15). The predicted octanol–water partition coefficient (Wildman–Crippen LogP) is -0.287. The van der Waals surface area contributed by atoms with Crippen LogP contribution in [-0.4, -0.2) is 10.9 Å². The molecule has 0 aromatic carbocycles. The molecular weight excluding hydrogens is 196 g/mol. The number of amides is 1. The lowest BCUT2D eigenvalue weighted by molar-refractivity contribution is -0.116. The Hall–Kier alpha value is -2.29. The topological polar surface area (TPSA) is 112 Å². The Balaban J connectivity index is 2.75. The van der Waals surface area contributed by atoms with Crippen molar-refractivity contribution in [3.05, 3.63) is 21.5 Å². The SMILES string of the molecule is N#Cc1c2c(c(N)[nH]c1=O)CCC(=O)N2. The number of hydrogen-bond acceptors (Lipinski definition) is 4. The maximum atomic E-state index is 11.3. The molecule has 0 spiro atoms. The second kappa shape index (κ2) is 3.13. The minimum Gasteiger partial charge on any atom is -0.385 e. The number of carbonyl (C=O) groups excluding carboxylic acids is 1. The number of rotatable bonds is 0. The first kappa shape index (κ1) is 9.27. The molecule has 76 valence electrons. The summed E-state index contributed by atoms with van der Waals surface area (Å²) in [6.45, 7) is 0. The van der Waals surface area contributed by atoms with E-state index in [2.05, 4.69) is 10.3 Å². The van der Waals surface area contributed by atoms with Gasteiger partial charge in [-0.1, -0.05) is 0 Å². The fourth-order valence-electron chi connectivity index (χ4n) is 1.60. The zero-order valence-electron chi connectivity index (χ0n) is 7.76. The van der Waals surface area contributed by atoms with Gasteiger partial charge in [0.05, 0.1) is 5.69 Å². The number of aromatic amines is 1. The van der Waals surface area contributed by atoms with Crippen LogP contribution in [0.2, 0.25) is 0 Å². The van der Waals surface area contributed by atoms with E-state index >= 15 is 0 Å². The highest BCUT2D eigenvalue weighted by Gasteiger charge is 2.22. The van der Waals surface area contributed by atoms with Crippen LogP contribution in [0.25, 0.3) is 0 Å². The van der Waals surface area contributed by atoms with Crippen LogP contribution in [0.1, 0.15) is 17.5 Å². The molecule has 1 aromatic rings. The van der Waals surface area contributed by atoms with Gasteiger partial charge in [0.15, 0.2) is 0 Å². The number of nitrogen functional groups attached to an aromatic ring is 1. The van der Waals surface area contributed by atoms with Gasteiger partial charge in [-0.05, 0) is 6.42 Å². The summed E-state index contributed by atoms with van der Waals surface area (Å²) >= 11 is 0. The molecule has 15 heavy (non-hydrogen) atoms. The van der Waals surface area contributed by atoms with Crippen LogP contribution >= 0.6 is 0 Å². The number of aromatic nitrogens is 1. The summed E-state index contributed by atoms with van der Waals surface area (Å²) < 4.78 is 0. The molecule has 0 fully saturated rings. The normalized spacial score (nSPS) is 13.9. The molecule has 6 heteroatoms. The molecule has 1 aromatic heterocycles. The number of nitriles is 1. The van der Waals surface area contributed by atoms with Gasteiger partial charge in [0.25, 0.3) is 5.56 Å². The van der Waals surface area contributed by atoms with Crippen molar-refractivity contribution in [2.75, 3.05) is 11.1 Å². The van der Waals surface area contributed by atoms with Crippen molar-refractivity contribution < 1.29 is 4.79 Å². The van der Waals surface area contributed by atoms with Crippen LogP contribution in [0.3, 0.4) is 0 Å². The van der Waals surface area contributed by atoms with E-state index in [1.807, 2.05) is 0 Å².